The van der Waals surface area contributed by atoms with E-state index >= 15 is 0 Å². The van der Waals surface area contributed by atoms with Crippen molar-refractivity contribution in [3.8, 4) is 0 Å². The lowest BCUT2D eigenvalue weighted by Crippen LogP contribution is -2.47. The van der Waals surface area contributed by atoms with E-state index in [9.17, 15) is 9.59 Å². The van der Waals surface area contributed by atoms with Crippen molar-refractivity contribution in [3.05, 3.63) is 59.0 Å². The zero-order valence-corrected chi connectivity index (χ0v) is 16.3. The monoisotopic (exact) mass is 402 g/mol. The average Bonchev–Trinajstić information content (AvgIpc) is 3.37. The first-order valence-corrected chi connectivity index (χ1v) is 9.96. The third-order valence-corrected chi connectivity index (χ3v) is 6.01. The Kier molecular flexibility index (Phi) is 5.42. The molecule has 2 aliphatic heterocycles. The Bertz CT molecular complexity index is 844. The summed E-state index contributed by atoms with van der Waals surface area (Å²) >= 11 is 6.08. The second-order valence-corrected chi connectivity index (χ2v) is 7.86. The number of ether oxygens (including phenoxy) is 1. The standard InChI is InChI=1S/C21H23ClN2O4/c22-18-4-2-1-3-17(18)19(25)23-13-16-5-7-21(28-16)8-10-24(11-9-21)20(26)15-6-12-27-14-15/h1-4,6,12,14,16H,5,7-11,13H2,(H,23,25). The van der Waals surface area contributed by atoms with E-state index in [4.69, 9.17) is 20.8 Å². The molecule has 7 heteroatoms. The third-order valence-electron chi connectivity index (χ3n) is 5.68. The fourth-order valence-electron chi connectivity index (χ4n) is 4.04. The third kappa shape index (κ3) is 3.93. The van der Waals surface area contributed by atoms with E-state index in [0.29, 0.717) is 35.8 Å². The fourth-order valence-corrected chi connectivity index (χ4v) is 4.26. The number of hydrogen-bond donors (Lipinski definition) is 1. The highest BCUT2D eigenvalue weighted by Gasteiger charge is 2.43. The van der Waals surface area contributed by atoms with Gasteiger partial charge in [-0.2, -0.15) is 0 Å². The first-order chi connectivity index (χ1) is 13.6. The molecule has 2 amide bonds. The number of piperidine rings is 1. The summed E-state index contributed by atoms with van der Waals surface area (Å²) in [5, 5.41) is 3.37. The van der Waals surface area contributed by atoms with Crippen LogP contribution in [0.4, 0.5) is 0 Å². The summed E-state index contributed by atoms with van der Waals surface area (Å²) in [4.78, 5) is 26.6. The van der Waals surface area contributed by atoms with Gasteiger partial charge in [0, 0.05) is 19.6 Å². The maximum Gasteiger partial charge on any atom is 0.257 e. The maximum atomic E-state index is 12.4. The molecule has 0 saturated carbocycles. The SMILES string of the molecule is O=C(NCC1CCC2(CCN(C(=O)c3ccoc3)CC2)O1)c1ccccc1Cl. The number of amides is 2. The number of halogens is 1. The van der Waals surface area contributed by atoms with Gasteiger partial charge in [-0.3, -0.25) is 9.59 Å². The van der Waals surface area contributed by atoms with Gasteiger partial charge in [-0.25, -0.2) is 0 Å². The van der Waals surface area contributed by atoms with Gasteiger partial charge >= 0.3 is 0 Å². The highest BCUT2D eigenvalue weighted by molar-refractivity contribution is 6.33. The molecule has 6 nitrogen and oxygen atoms in total. The highest BCUT2D eigenvalue weighted by Crippen LogP contribution is 2.39. The molecule has 2 aromatic rings. The highest BCUT2D eigenvalue weighted by atomic mass is 35.5. The Hall–Kier alpha value is -2.31. The van der Waals surface area contributed by atoms with Crippen LogP contribution in [0.5, 0.6) is 0 Å². The minimum Gasteiger partial charge on any atom is -0.472 e. The quantitative estimate of drug-likeness (QED) is 0.849. The number of rotatable bonds is 4. The molecule has 1 unspecified atom stereocenters. The molecular weight excluding hydrogens is 380 g/mol. The van der Waals surface area contributed by atoms with Gasteiger partial charge in [0.2, 0.25) is 0 Å². The molecular formula is C21H23ClN2O4. The first kappa shape index (κ1) is 19.0. The molecule has 1 atom stereocenters. The van der Waals surface area contributed by atoms with E-state index in [-0.39, 0.29) is 23.5 Å². The molecule has 4 rings (SSSR count). The lowest BCUT2D eigenvalue weighted by Gasteiger charge is -2.39. The van der Waals surface area contributed by atoms with Crippen molar-refractivity contribution in [1.29, 1.82) is 0 Å². The normalized spacial score (nSPS) is 21.0. The summed E-state index contributed by atoms with van der Waals surface area (Å²) < 4.78 is 11.3. The lowest BCUT2D eigenvalue weighted by atomic mass is 9.88. The van der Waals surface area contributed by atoms with Gasteiger partial charge in [-0.1, -0.05) is 23.7 Å². The molecule has 0 aliphatic carbocycles. The first-order valence-electron chi connectivity index (χ1n) is 9.58. The molecule has 1 aromatic heterocycles. The number of carbonyl (C=O) groups is 2. The Morgan fingerprint density at radius 1 is 1.18 bits per heavy atom. The van der Waals surface area contributed by atoms with Crippen LogP contribution in [-0.4, -0.2) is 48.1 Å². The predicted octanol–water partition coefficient (Wildman–Crippen LogP) is 3.52. The molecule has 28 heavy (non-hydrogen) atoms. The molecule has 0 bridgehead atoms. The van der Waals surface area contributed by atoms with Crippen LogP contribution in [0.1, 0.15) is 46.4 Å². The summed E-state index contributed by atoms with van der Waals surface area (Å²) in [6.45, 7) is 1.80. The molecule has 1 N–H and O–H groups in total. The lowest BCUT2D eigenvalue weighted by molar-refractivity contribution is -0.0712. The van der Waals surface area contributed by atoms with Crippen molar-refractivity contribution in [2.45, 2.75) is 37.4 Å². The molecule has 3 heterocycles. The smallest absolute Gasteiger partial charge is 0.257 e. The van der Waals surface area contributed by atoms with Crippen molar-refractivity contribution in [1.82, 2.24) is 10.2 Å². The number of benzene rings is 1. The van der Waals surface area contributed by atoms with Crippen molar-refractivity contribution in [3.63, 3.8) is 0 Å². The van der Waals surface area contributed by atoms with Gasteiger partial charge in [-0.15, -0.1) is 0 Å². The Balaban J connectivity index is 1.27. The van der Waals surface area contributed by atoms with E-state index in [0.717, 1.165) is 25.7 Å². The Labute approximate surface area is 168 Å². The van der Waals surface area contributed by atoms with E-state index in [1.54, 1.807) is 30.3 Å². The van der Waals surface area contributed by atoms with Crippen LogP contribution in [0.25, 0.3) is 0 Å². The van der Waals surface area contributed by atoms with Gasteiger partial charge in [0.15, 0.2) is 0 Å². The molecule has 2 saturated heterocycles. The minimum absolute atomic E-state index is 0.00477. The van der Waals surface area contributed by atoms with Crippen molar-refractivity contribution < 1.29 is 18.7 Å². The zero-order valence-electron chi connectivity index (χ0n) is 15.5. The molecule has 0 radical (unpaired) electrons. The number of nitrogens with zero attached hydrogens (tertiary/aromatic N) is 1. The number of carbonyl (C=O) groups excluding carboxylic acids is 2. The van der Waals surface area contributed by atoms with Crippen molar-refractivity contribution in [2.75, 3.05) is 19.6 Å². The van der Waals surface area contributed by atoms with E-state index < -0.39 is 0 Å². The van der Waals surface area contributed by atoms with Crippen molar-refractivity contribution in [2.24, 2.45) is 0 Å². The van der Waals surface area contributed by atoms with Crippen LogP contribution in [0, 0.1) is 0 Å². The molecule has 2 fully saturated rings. The van der Waals surface area contributed by atoms with Gasteiger partial charge < -0.3 is 19.4 Å². The minimum atomic E-state index is -0.188. The maximum absolute atomic E-state index is 12.4. The molecule has 148 valence electrons. The van der Waals surface area contributed by atoms with E-state index in [1.165, 1.54) is 12.5 Å². The van der Waals surface area contributed by atoms with Crippen molar-refractivity contribution >= 4 is 23.4 Å². The number of hydrogen-bond acceptors (Lipinski definition) is 4. The number of nitrogens with one attached hydrogen (secondary N) is 1. The molecule has 1 aromatic carbocycles. The van der Waals surface area contributed by atoms with Gasteiger partial charge in [-0.05, 0) is 43.9 Å². The number of furan rings is 1. The van der Waals surface area contributed by atoms with Gasteiger partial charge in [0.05, 0.1) is 34.1 Å². The topological polar surface area (TPSA) is 71.8 Å². The van der Waals surface area contributed by atoms with Crippen LogP contribution in [0.2, 0.25) is 5.02 Å². The average molecular weight is 403 g/mol. The van der Waals surface area contributed by atoms with E-state index in [2.05, 4.69) is 5.32 Å². The van der Waals surface area contributed by atoms with Crippen LogP contribution in [0.15, 0.2) is 47.3 Å². The second-order valence-electron chi connectivity index (χ2n) is 7.46. The van der Waals surface area contributed by atoms with Crippen LogP contribution in [0.3, 0.4) is 0 Å². The van der Waals surface area contributed by atoms with Crippen LogP contribution < -0.4 is 5.32 Å². The molecule has 2 aliphatic rings. The zero-order chi connectivity index (χ0) is 19.6. The summed E-state index contributed by atoms with van der Waals surface area (Å²) in [6, 6.07) is 8.70. The largest absolute Gasteiger partial charge is 0.472 e. The number of likely N-dealkylation sites (tertiary alicyclic amines) is 1. The van der Waals surface area contributed by atoms with Crippen LogP contribution in [-0.2, 0) is 4.74 Å². The Morgan fingerprint density at radius 2 is 1.96 bits per heavy atom. The summed E-state index contributed by atoms with van der Waals surface area (Å²) in [7, 11) is 0. The van der Waals surface area contributed by atoms with E-state index in [1.807, 2.05) is 4.90 Å². The predicted molar refractivity (Wildman–Crippen MR) is 104 cm³/mol. The second kappa shape index (κ2) is 7.97. The molecule has 1 spiro atoms. The summed E-state index contributed by atoms with van der Waals surface area (Å²) in [5.74, 6) is -0.180. The van der Waals surface area contributed by atoms with Crippen LogP contribution >= 0.6 is 11.6 Å². The van der Waals surface area contributed by atoms with Gasteiger partial charge in [0.25, 0.3) is 11.8 Å². The van der Waals surface area contributed by atoms with Gasteiger partial charge in [0.1, 0.15) is 6.26 Å². The Morgan fingerprint density at radius 3 is 2.68 bits per heavy atom. The summed E-state index contributed by atoms with van der Waals surface area (Å²) in [5.41, 5.74) is 0.874. The fraction of sp³-hybridized carbons (Fsp3) is 0.429. The summed E-state index contributed by atoms with van der Waals surface area (Å²) in [6.07, 6.45) is 6.46.